The Labute approximate surface area is 186 Å². The highest BCUT2D eigenvalue weighted by molar-refractivity contribution is 5.84. The zero-order valence-corrected chi connectivity index (χ0v) is 18.1. The summed E-state index contributed by atoms with van der Waals surface area (Å²) in [5.74, 6) is 0.550. The van der Waals surface area contributed by atoms with Gasteiger partial charge in [0.15, 0.2) is 0 Å². The summed E-state index contributed by atoms with van der Waals surface area (Å²) in [6.07, 6.45) is 7.86. The Kier molecular flexibility index (Phi) is 6.96. The van der Waals surface area contributed by atoms with Crippen LogP contribution in [0, 0.1) is 5.92 Å². The molecule has 0 bridgehead atoms. The van der Waals surface area contributed by atoms with Gasteiger partial charge in [-0.15, -0.1) is 0 Å². The monoisotopic (exact) mass is 437 g/mol. The summed E-state index contributed by atoms with van der Waals surface area (Å²) in [6, 6.07) is 8.82. The van der Waals surface area contributed by atoms with Crippen molar-refractivity contribution in [2.24, 2.45) is 13.0 Å². The van der Waals surface area contributed by atoms with E-state index in [1.54, 1.807) is 27.8 Å². The molecule has 1 N–H and O–H groups in total. The van der Waals surface area contributed by atoms with E-state index in [4.69, 9.17) is 9.47 Å². The molecule has 3 heterocycles. The van der Waals surface area contributed by atoms with Crippen LogP contribution in [-0.4, -0.2) is 45.5 Å². The van der Waals surface area contributed by atoms with Crippen LogP contribution in [0.5, 0.6) is 0 Å². The molecule has 9 nitrogen and oxygen atoms in total. The Bertz CT molecular complexity index is 1120. The van der Waals surface area contributed by atoms with Gasteiger partial charge in [0.25, 0.3) is 0 Å². The fraction of sp³-hybridized carbons (Fsp3) is 0.391. The molecule has 1 fully saturated rings. The number of hydrogen-bond acceptors (Lipinski definition) is 6. The van der Waals surface area contributed by atoms with Crippen LogP contribution in [0.15, 0.2) is 53.7 Å². The molecule has 0 unspecified atom stereocenters. The van der Waals surface area contributed by atoms with Crippen molar-refractivity contribution in [1.29, 1.82) is 0 Å². The molecule has 0 saturated carbocycles. The van der Waals surface area contributed by atoms with Crippen molar-refractivity contribution in [3.05, 3.63) is 70.4 Å². The minimum atomic E-state index is -0.481. The molecule has 1 aliphatic rings. The molecule has 0 atom stereocenters. The molecule has 2 aromatic heterocycles. The Balaban J connectivity index is 1.35. The number of carbonyl (C=O) groups excluding carboxylic acids is 1. The topological polar surface area (TPSA) is 100 Å². The summed E-state index contributed by atoms with van der Waals surface area (Å²) in [7, 11) is 1.82. The zero-order chi connectivity index (χ0) is 22.3. The number of hydrogen-bond donors (Lipinski definition) is 1. The lowest BCUT2D eigenvalue weighted by molar-refractivity contribution is 0.0562. The second kappa shape index (κ2) is 10.2. The van der Waals surface area contributed by atoms with Crippen LogP contribution in [0.4, 0.5) is 10.5 Å². The first-order valence-electron chi connectivity index (χ1n) is 10.7. The lowest BCUT2D eigenvalue weighted by Gasteiger charge is -2.21. The number of amides is 1. The predicted molar refractivity (Wildman–Crippen MR) is 119 cm³/mol. The number of rotatable bonds is 7. The number of carbonyl (C=O) groups is 1. The number of ether oxygens (including phenoxy) is 2. The average molecular weight is 438 g/mol. The van der Waals surface area contributed by atoms with Gasteiger partial charge in [0.1, 0.15) is 11.4 Å². The number of nitrogens with zero attached hydrogens (tertiary/aromatic N) is 4. The van der Waals surface area contributed by atoms with Crippen molar-refractivity contribution in [1.82, 2.24) is 19.6 Å². The second-order valence-electron chi connectivity index (χ2n) is 7.93. The molecule has 4 rings (SSSR count). The van der Waals surface area contributed by atoms with Crippen LogP contribution < -0.4 is 10.7 Å². The van der Waals surface area contributed by atoms with Crippen molar-refractivity contribution < 1.29 is 14.3 Å². The maximum Gasteiger partial charge on any atom is 0.411 e. The molecule has 1 saturated heterocycles. The first kappa shape index (κ1) is 21.8. The molecule has 0 aliphatic carbocycles. The standard InChI is InChI=1S/C23H27N5O4/c1-27-16-20(15-24-27)28-9-5-22(29)21(26-28)14-18-3-2-4-19(13-18)25-23(30)32-12-8-17-6-10-31-11-7-17/h2-5,9,13,15-17H,6-8,10-12,14H2,1H3,(H,25,30). The number of aryl methyl sites for hydroxylation is 1. The van der Waals surface area contributed by atoms with E-state index in [1.807, 2.05) is 31.4 Å². The second-order valence-corrected chi connectivity index (χ2v) is 7.93. The van der Waals surface area contributed by atoms with E-state index in [2.05, 4.69) is 15.5 Å². The number of benzene rings is 1. The highest BCUT2D eigenvalue weighted by Gasteiger charge is 2.14. The van der Waals surface area contributed by atoms with E-state index < -0.39 is 6.09 Å². The first-order chi connectivity index (χ1) is 15.6. The van der Waals surface area contributed by atoms with Crippen LogP contribution in [0.3, 0.4) is 0 Å². The number of nitrogens with one attached hydrogen (secondary N) is 1. The quantitative estimate of drug-likeness (QED) is 0.610. The number of anilines is 1. The molecule has 9 heteroatoms. The Hall–Kier alpha value is -3.46. The molecular formula is C23H27N5O4. The minimum absolute atomic E-state index is 0.143. The highest BCUT2D eigenvalue weighted by atomic mass is 16.5. The van der Waals surface area contributed by atoms with Crippen molar-refractivity contribution in [2.45, 2.75) is 25.7 Å². The summed E-state index contributed by atoms with van der Waals surface area (Å²) in [6.45, 7) is 1.96. The van der Waals surface area contributed by atoms with Gasteiger partial charge >= 0.3 is 6.09 Å². The third-order valence-electron chi connectivity index (χ3n) is 5.48. The predicted octanol–water partition coefficient (Wildman–Crippen LogP) is 2.92. The molecule has 0 radical (unpaired) electrons. The fourth-order valence-electron chi connectivity index (χ4n) is 3.70. The van der Waals surface area contributed by atoms with Crippen molar-refractivity contribution in [3.8, 4) is 5.69 Å². The summed E-state index contributed by atoms with van der Waals surface area (Å²) in [4.78, 5) is 24.5. The van der Waals surface area contributed by atoms with Crippen LogP contribution in [0.25, 0.3) is 5.69 Å². The van der Waals surface area contributed by atoms with E-state index in [1.165, 1.54) is 6.07 Å². The molecule has 168 valence electrons. The maximum atomic E-state index is 12.3. The SMILES string of the molecule is Cn1cc(-n2ccc(=O)c(Cc3cccc(NC(=O)OCCC4CCOCC4)c3)n2)cn1. The van der Waals surface area contributed by atoms with Crippen LogP contribution in [-0.2, 0) is 22.9 Å². The van der Waals surface area contributed by atoms with Crippen molar-refractivity contribution >= 4 is 11.8 Å². The molecule has 1 amide bonds. The number of aromatic nitrogens is 4. The van der Waals surface area contributed by atoms with E-state index in [9.17, 15) is 9.59 Å². The third-order valence-corrected chi connectivity index (χ3v) is 5.48. The minimum Gasteiger partial charge on any atom is -0.449 e. The van der Waals surface area contributed by atoms with Gasteiger partial charge in [-0.05, 0) is 42.9 Å². The largest absolute Gasteiger partial charge is 0.449 e. The van der Waals surface area contributed by atoms with Gasteiger partial charge in [-0.2, -0.15) is 10.2 Å². The summed E-state index contributed by atoms with van der Waals surface area (Å²) in [5.41, 5.74) is 2.51. The molecule has 3 aromatic rings. The third kappa shape index (κ3) is 5.82. The fourth-order valence-corrected chi connectivity index (χ4v) is 3.70. The molecule has 1 aromatic carbocycles. The smallest absolute Gasteiger partial charge is 0.411 e. The van der Waals surface area contributed by atoms with Gasteiger partial charge in [-0.1, -0.05) is 12.1 Å². The van der Waals surface area contributed by atoms with Gasteiger partial charge in [0, 0.05) is 44.6 Å². The van der Waals surface area contributed by atoms with E-state index in [-0.39, 0.29) is 5.43 Å². The van der Waals surface area contributed by atoms with Crippen LogP contribution in [0.2, 0.25) is 0 Å². The Morgan fingerprint density at radius 2 is 2.12 bits per heavy atom. The summed E-state index contributed by atoms with van der Waals surface area (Å²) < 4.78 is 14.0. The Morgan fingerprint density at radius 1 is 1.28 bits per heavy atom. The van der Waals surface area contributed by atoms with Gasteiger partial charge in [0.2, 0.25) is 5.43 Å². The van der Waals surface area contributed by atoms with E-state index >= 15 is 0 Å². The van der Waals surface area contributed by atoms with Crippen molar-refractivity contribution in [2.75, 3.05) is 25.1 Å². The van der Waals surface area contributed by atoms with E-state index in [0.29, 0.717) is 30.3 Å². The summed E-state index contributed by atoms with van der Waals surface area (Å²) >= 11 is 0. The normalized spacial score (nSPS) is 14.3. The Morgan fingerprint density at radius 3 is 2.91 bits per heavy atom. The lowest BCUT2D eigenvalue weighted by Crippen LogP contribution is -2.20. The molecule has 1 aliphatic heterocycles. The zero-order valence-electron chi connectivity index (χ0n) is 18.1. The first-order valence-corrected chi connectivity index (χ1v) is 10.7. The maximum absolute atomic E-state index is 12.3. The van der Waals surface area contributed by atoms with Gasteiger partial charge in [0.05, 0.1) is 19.0 Å². The highest BCUT2D eigenvalue weighted by Crippen LogP contribution is 2.18. The van der Waals surface area contributed by atoms with Crippen molar-refractivity contribution in [3.63, 3.8) is 0 Å². The van der Waals surface area contributed by atoms with Gasteiger partial charge in [-0.25, -0.2) is 9.48 Å². The summed E-state index contributed by atoms with van der Waals surface area (Å²) in [5, 5.41) is 11.4. The van der Waals surface area contributed by atoms with Gasteiger partial charge in [-0.3, -0.25) is 14.8 Å². The van der Waals surface area contributed by atoms with Gasteiger partial charge < -0.3 is 9.47 Å². The molecular weight excluding hydrogens is 410 g/mol. The molecule has 32 heavy (non-hydrogen) atoms. The van der Waals surface area contributed by atoms with Crippen LogP contribution in [0.1, 0.15) is 30.5 Å². The van der Waals surface area contributed by atoms with Crippen LogP contribution >= 0.6 is 0 Å². The average Bonchev–Trinajstić information content (AvgIpc) is 3.22. The lowest BCUT2D eigenvalue weighted by atomic mass is 9.97. The molecule has 0 spiro atoms. The van der Waals surface area contributed by atoms with E-state index in [0.717, 1.165) is 43.7 Å².